The fourth-order valence-electron chi connectivity index (χ4n) is 4.53. The second-order valence-electron chi connectivity index (χ2n) is 8.99. The van der Waals surface area contributed by atoms with Crippen LogP contribution in [0.3, 0.4) is 0 Å². The van der Waals surface area contributed by atoms with Crippen molar-refractivity contribution in [3.05, 3.63) is 60.2 Å². The second kappa shape index (κ2) is 11.3. The van der Waals surface area contributed by atoms with E-state index in [2.05, 4.69) is 26.7 Å². The number of piperazine rings is 1. The number of rotatable bonds is 8. The van der Waals surface area contributed by atoms with E-state index in [0.717, 1.165) is 38.5 Å². The molecule has 0 bridgehead atoms. The Balaban J connectivity index is 1.17. The van der Waals surface area contributed by atoms with Gasteiger partial charge in [0, 0.05) is 51.9 Å². The van der Waals surface area contributed by atoms with Crippen LogP contribution < -0.4 is 9.46 Å². The van der Waals surface area contributed by atoms with Crippen LogP contribution in [0, 0.1) is 0 Å². The molecular formula is C25H34N4O4S. The molecule has 9 heteroatoms. The maximum atomic E-state index is 12.8. The quantitative estimate of drug-likeness (QED) is 0.613. The normalized spacial score (nSPS) is 18.7. The number of nitrogens with one attached hydrogen (secondary N) is 1. The number of ether oxygens (including phenoxy) is 1. The SMILES string of the molecule is COc1ccc(CN2CCN(C(=O)CN3CCC(NS(=O)(=O)c4ccccc4)CC3)CC2)cc1. The lowest BCUT2D eigenvalue weighted by atomic mass is 10.1. The summed E-state index contributed by atoms with van der Waals surface area (Å²) in [4.78, 5) is 19.6. The van der Waals surface area contributed by atoms with Crippen molar-refractivity contribution in [2.24, 2.45) is 0 Å². The van der Waals surface area contributed by atoms with Crippen molar-refractivity contribution in [3.8, 4) is 5.75 Å². The van der Waals surface area contributed by atoms with Crippen molar-refractivity contribution in [2.75, 3.05) is 52.9 Å². The number of benzene rings is 2. The lowest BCUT2D eigenvalue weighted by molar-refractivity contribution is -0.134. The smallest absolute Gasteiger partial charge is 0.240 e. The molecule has 0 unspecified atom stereocenters. The zero-order chi connectivity index (χ0) is 24.0. The van der Waals surface area contributed by atoms with E-state index in [1.807, 2.05) is 17.0 Å². The van der Waals surface area contributed by atoms with E-state index in [-0.39, 0.29) is 11.9 Å². The fraction of sp³-hybridized carbons (Fsp3) is 0.480. The third-order valence-corrected chi connectivity index (χ3v) is 8.15. The van der Waals surface area contributed by atoms with Crippen LogP contribution in [-0.2, 0) is 21.4 Å². The minimum absolute atomic E-state index is 0.0990. The number of hydrogen-bond acceptors (Lipinski definition) is 6. The Morgan fingerprint density at radius 3 is 2.18 bits per heavy atom. The van der Waals surface area contributed by atoms with Crippen LogP contribution in [0.4, 0.5) is 0 Å². The number of hydrogen-bond donors (Lipinski definition) is 1. The third-order valence-electron chi connectivity index (χ3n) is 6.61. The van der Waals surface area contributed by atoms with Gasteiger partial charge in [-0.15, -0.1) is 0 Å². The predicted molar refractivity (Wildman–Crippen MR) is 131 cm³/mol. The molecule has 4 rings (SSSR count). The first-order valence-corrected chi connectivity index (χ1v) is 13.3. The van der Waals surface area contributed by atoms with Gasteiger partial charge < -0.3 is 9.64 Å². The molecule has 2 aliphatic heterocycles. The number of methoxy groups -OCH3 is 1. The summed E-state index contributed by atoms with van der Waals surface area (Å²) in [5.74, 6) is 1.02. The van der Waals surface area contributed by atoms with E-state index in [1.165, 1.54) is 5.56 Å². The zero-order valence-electron chi connectivity index (χ0n) is 19.7. The van der Waals surface area contributed by atoms with Gasteiger partial charge in [0.15, 0.2) is 0 Å². The summed E-state index contributed by atoms with van der Waals surface area (Å²) < 4.78 is 33.1. The van der Waals surface area contributed by atoms with Gasteiger partial charge in [-0.2, -0.15) is 0 Å². The minimum Gasteiger partial charge on any atom is -0.497 e. The Bertz CT molecular complexity index is 1030. The van der Waals surface area contributed by atoms with Crippen LogP contribution in [0.2, 0.25) is 0 Å². The van der Waals surface area contributed by atoms with Gasteiger partial charge in [-0.1, -0.05) is 30.3 Å². The minimum atomic E-state index is -3.50. The molecule has 2 aromatic rings. The van der Waals surface area contributed by atoms with Gasteiger partial charge >= 0.3 is 0 Å². The first-order chi connectivity index (χ1) is 16.4. The lowest BCUT2D eigenvalue weighted by Crippen LogP contribution is -2.52. The first kappa shape index (κ1) is 24.7. The van der Waals surface area contributed by atoms with Crippen LogP contribution in [-0.4, -0.2) is 88.0 Å². The molecule has 34 heavy (non-hydrogen) atoms. The molecule has 2 saturated heterocycles. The maximum absolute atomic E-state index is 12.8. The Labute approximate surface area is 202 Å². The van der Waals surface area contributed by atoms with Gasteiger partial charge in [0.05, 0.1) is 18.6 Å². The highest BCUT2D eigenvalue weighted by atomic mass is 32.2. The number of likely N-dealkylation sites (tertiary alicyclic amines) is 1. The number of carbonyl (C=O) groups excluding carboxylic acids is 1. The van der Waals surface area contributed by atoms with Crippen LogP contribution in [0.1, 0.15) is 18.4 Å². The first-order valence-electron chi connectivity index (χ1n) is 11.9. The molecule has 0 radical (unpaired) electrons. The zero-order valence-corrected chi connectivity index (χ0v) is 20.5. The number of piperidine rings is 1. The maximum Gasteiger partial charge on any atom is 0.240 e. The monoisotopic (exact) mass is 486 g/mol. The van der Waals surface area contributed by atoms with Crippen LogP contribution in [0.15, 0.2) is 59.5 Å². The molecular weight excluding hydrogens is 452 g/mol. The number of amides is 1. The molecule has 1 N–H and O–H groups in total. The largest absolute Gasteiger partial charge is 0.497 e. The standard InChI is InChI=1S/C25H34N4O4S/c1-33-23-9-7-21(8-10-23)19-28-15-17-29(18-16-28)25(30)20-27-13-11-22(12-14-27)26-34(31,32)24-5-3-2-4-6-24/h2-10,22,26H,11-20H2,1H3. The average Bonchev–Trinajstić information content (AvgIpc) is 2.86. The van der Waals surface area contributed by atoms with Gasteiger partial charge in [0.1, 0.15) is 5.75 Å². The highest BCUT2D eigenvalue weighted by Crippen LogP contribution is 2.17. The molecule has 0 aromatic heterocycles. The molecule has 2 heterocycles. The average molecular weight is 487 g/mol. The Morgan fingerprint density at radius 1 is 0.912 bits per heavy atom. The summed E-state index contributed by atoms with van der Waals surface area (Å²) in [6.07, 6.45) is 1.41. The van der Waals surface area contributed by atoms with Crippen molar-refractivity contribution in [1.82, 2.24) is 19.4 Å². The van der Waals surface area contributed by atoms with Gasteiger partial charge in [0.2, 0.25) is 15.9 Å². The van der Waals surface area contributed by atoms with Crippen LogP contribution in [0.5, 0.6) is 5.75 Å². The summed E-state index contributed by atoms with van der Waals surface area (Å²) in [7, 11) is -1.84. The Hall–Kier alpha value is -2.46. The van der Waals surface area contributed by atoms with Gasteiger partial charge in [-0.25, -0.2) is 13.1 Å². The van der Waals surface area contributed by atoms with E-state index < -0.39 is 10.0 Å². The molecule has 2 fully saturated rings. The van der Waals surface area contributed by atoms with Crippen molar-refractivity contribution in [1.29, 1.82) is 0 Å². The molecule has 0 spiro atoms. The van der Waals surface area contributed by atoms with Crippen molar-refractivity contribution < 1.29 is 17.9 Å². The predicted octanol–water partition coefficient (Wildman–Crippen LogP) is 1.78. The molecule has 8 nitrogen and oxygen atoms in total. The lowest BCUT2D eigenvalue weighted by Gasteiger charge is -2.37. The van der Waals surface area contributed by atoms with Gasteiger partial charge in [-0.05, 0) is 42.7 Å². The fourth-order valence-corrected chi connectivity index (χ4v) is 5.86. The molecule has 1 amide bonds. The third kappa shape index (κ3) is 6.56. The Kier molecular flexibility index (Phi) is 8.20. The number of carbonyl (C=O) groups is 1. The molecule has 2 aliphatic rings. The van der Waals surface area contributed by atoms with Crippen LogP contribution in [0.25, 0.3) is 0 Å². The van der Waals surface area contributed by atoms with Crippen molar-refractivity contribution in [3.63, 3.8) is 0 Å². The summed E-state index contributed by atoms with van der Waals surface area (Å²) in [6, 6.07) is 16.5. The number of sulfonamides is 1. The van der Waals surface area contributed by atoms with E-state index in [9.17, 15) is 13.2 Å². The highest BCUT2D eigenvalue weighted by molar-refractivity contribution is 7.89. The molecule has 2 aromatic carbocycles. The van der Waals surface area contributed by atoms with E-state index in [4.69, 9.17) is 4.74 Å². The second-order valence-corrected chi connectivity index (χ2v) is 10.7. The van der Waals surface area contributed by atoms with Crippen molar-refractivity contribution in [2.45, 2.75) is 30.3 Å². The molecule has 0 aliphatic carbocycles. The summed E-state index contributed by atoms with van der Waals surface area (Å²) >= 11 is 0. The molecule has 0 saturated carbocycles. The van der Waals surface area contributed by atoms with E-state index in [1.54, 1.807) is 37.4 Å². The molecule has 0 atom stereocenters. The number of nitrogens with zero attached hydrogens (tertiary/aromatic N) is 3. The summed E-state index contributed by atoms with van der Waals surface area (Å²) in [5.41, 5.74) is 1.24. The van der Waals surface area contributed by atoms with Gasteiger partial charge in [0.25, 0.3) is 0 Å². The summed E-state index contributed by atoms with van der Waals surface area (Å²) in [5, 5.41) is 0. The van der Waals surface area contributed by atoms with Crippen molar-refractivity contribution >= 4 is 15.9 Å². The topological polar surface area (TPSA) is 82.2 Å². The molecule has 184 valence electrons. The van der Waals surface area contributed by atoms with Gasteiger partial charge in [-0.3, -0.25) is 14.6 Å². The van der Waals surface area contributed by atoms with E-state index >= 15 is 0 Å². The summed E-state index contributed by atoms with van der Waals surface area (Å²) in [6.45, 7) is 5.90. The van der Waals surface area contributed by atoms with Crippen LogP contribution >= 0.6 is 0 Å². The Morgan fingerprint density at radius 2 is 1.56 bits per heavy atom. The van der Waals surface area contributed by atoms with E-state index in [0.29, 0.717) is 37.4 Å². The highest BCUT2D eigenvalue weighted by Gasteiger charge is 2.27.